The Morgan fingerprint density at radius 1 is 1.41 bits per heavy atom. The normalized spacial score (nSPS) is 18.6. The Hall–Kier alpha value is -1.10. The van der Waals surface area contributed by atoms with Crippen molar-refractivity contribution in [2.45, 2.75) is 32.6 Å². The molecule has 0 spiro atoms. The van der Waals surface area contributed by atoms with Crippen LogP contribution < -0.4 is 10.6 Å². The zero-order valence-electron chi connectivity index (χ0n) is 10.4. The second kappa shape index (κ2) is 7.27. The van der Waals surface area contributed by atoms with Crippen LogP contribution in [0.2, 0.25) is 0 Å². The summed E-state index contributed by atoms with van der Waals surface area (Å²) in [5.41, 5.74) is 0. The second-order valence-electron chi connectivity index (χ2n) is 4.70. The highest BCUT2D eigenvalue weighted by Gasteiger charge is 2.20. The van der Waals surface area contributed by atoms with Gasteiger partial charge in [-0.2, -0.15) is 0 Å². The van der Waals surface area contributed by atoms with Crippen LogP contribution in [0.5, 0.6) is 0 Å². The minimum Gasteiger partial charge on any atom is -0.481 e. The lowest BCUT2D eigenvalue weighted by atomic mass is 9.97. The molecule has 0 aromatic rings. The highest BCUT2D eigenvalue weighted by molar-refractivity contribution is 5.78. The fourth-order valence-electron chi connectivity index (χ4n) is 1.97. The molecule has 1 unspecified atom stereocenters. The van der Waals surface area contributed by atoms with E-state index in [0.717, 1.165) is 32.4 Å². The molecule has 17 heavy (non-hydrogen) atoms. The molecule has 5 heteroatoms. The van der Waals surface area contributed by atoms with Crippen LogP contribution in [0, 0.1) is 11.8 Å². The Labute approximate surface area is 102 Å². The number of carbonyl (C=O) groups excluding carboxylic acids is 1. The molecule has 1 amide bonds. The summed E-state index contributed by atoms with van der Waals surface area (Å²) in [5.74, 6) is -0.844. The maximum absolute atomic E-state index is 11.7. The molecular formula is C12H22N2O3. The number of carbonyl (C=O) groups is 2. The fourth-order valence-corrected chi connectivity index (χ4v) is 1.97. The number of hydrogen-bond acceptors (Lipinski definition) is 3. The quantitative estimate of drug-likeness (QED) is 0.596. The molecule has 0 bridgehead atoms. The van der Waals surface area contributed by atoms with Crippen molar-refractivity contribution in [3.8, 4) is 0 Å². The van der Waals surface area contributed by atoms with Gasteiger partial charge in [0, 0.05) is 12.5 Å². The molecule has 1 rings (SSSR count). The smallest absolute Gasteiger partial charge is 0.306 e. The third kappa shape index (κ3) is 5.17. The SMILES string of the molecule is CC(CCCNC(=O)C1CCNCC1)C(=O)O. The number of carboxylic acids is 1. The van der Waals surface area contributed by atoms with Crippen molar-refractivity contribution in [2.24, 2.45) is 11.8 Å². The maximum Gasteiger partial charge on any atom is 0.306 e. The summed E-state index contributed by atoms with van der Waals surface area (Å²) in [6, 6.07) is 0. The van der Waals surface area contributed by atoms with E-state index < -0.39 is 5.97 Å². The number of hydrogen-bond donors (Lipinski definition) is 3. The molecule has 3 N–H and O–H groups in total. The van der Waals surface area contributed by atoms with E-state index in [1.54, 1.807) is 6.92 Å². The highest BCUT2D eigenvalue weighted by atomic mass is 16.4. The first-order valence-electron chi connectivity index (χ1n) is 6.32. The van der Waals surface area contributed by atoms with Crippen molar-refractivity contribution in [3.63, 3.8) is 0 Å². The van der Waals surface area contributed by atoms with Gasteiger partial charge >= 0.3 is 5.97 Å². The predicted octanol–water partition coefficient (Wildman–Crippen LogP) is 0.603. The third-order valence-corrected chi connectivity index (χ3v) is 3.24. The Balaban J connectivity index is 2.09. The molecule has 98 valence electrons. The average molecular weight is 242 g/mol. The van der Waals surface area contributed by atoms with Gasteiger partial charge in [-0.25, -0.2) is 0 Å². The van der Waals surface area contributed by atoms with Crippen LogP contribution in [-0.2, 0) is 9.59 Å². The second-order valence-corrected chi connectivity index (χ2v) is 4.70. The number of carboxylic acid groups (broad SMARTS) is 1. The van der Waals surface area contributed by atoms with Gasteiger partial charge in [0.15, 0.2) is 0 Å². The molecule has 1 atom stereocenters. The molecule has 1 aliphatic rings. The average Bonchev–Trinajstić information content (AvgIpc) is 2.35. The summed E-state index contributed by atoms with van der Waals surface area (Å²) >= 11 is 0. The van der Waals surface area contributed by atoms with E-state index in [2.05, 4.69) is 10.6 Å². The van der Waals surface area contributed by atoms with Gasteiger partial charge < -0.3 is 15.7 Å². The summed E-state index contributed by atoms with van der Waals surface area (Å²) < 4.78 is 0. The van der Waals surface area contributed by atoms with Gasteiger partial charge in [0.1, 0.15) is 0 Å². The van der Waals surface area contributed by atoms with Crippen LogP contribution in [0.1, 0.15) is 32.6 Å². The lowest BCUT2D eigenvalue weighted by Crippen LogP contribution is -2.38. The van der Waals surface area contributed by atoms with Gasteiger partial charge in [-0.3, -0.25) is 9.59 Å². The number of aliphatic carboxylic acids is 1. The monoisotopic (exact) mass is 242 g/mol. The summed E-state index contributed by atoms with van der Waals surface area (Å²) in [7, 11) is 0. The summed E-state index contributed by atoms with van der Waals surface area (Å²) in [6.07, 6.45) is 3.14. The van der Waals surface area contributed by atoms with E-state index >= 15 is 0 Å². The van der Waals surface area contributed by atoms with Gasteiger partial charge in [-0.15, -0.1) is 0 Å². The number of piperidine rings is 1. The van der Waals surface area contributed by atoms with Crippen LogP contribution in [0.15, 0.2) is 0 Å². The number of amides is 1. The van der Waals surface area contributed by atoms with E-state index in [4.69, 9.17) is 5.11 Å². The molecule has 0 radical (unpaired) electrons. The predicted molar refractivity (Wildman–Crippen MR) is 64.6 cm³/mol. The zero-order valence-corrected chi connectivity index (χ0v) is 10.4. The van der Waals surface area contributed by atoms with Gasteiger partial charge in [-0.05, 0) is 38.8 Å². The molecule has 0 aliphatic carbocycles. The van der Waals surface area contributed by atoms with Crippen molar-refractivity contribution in [1.29, 1.82) is 0 Å². The summed E-state index contributed by atoms with van der Waals surface area (Å²) in [5, 5.41) is 14.8. The number of nitrogens with one attached hydrogen (secondary N) is 2. The molecule has 1 aliphatic heterocycles. The first-order chi connectivity index (χ1) is 8.11. The third-order valence-electron chi connectivity index (χ3n) is 3.24. The molecule has 1 fully saturated rings. The van der Waals surface area contributed by atoms with Crippen molar-refractivity contribution < 1.29 is 14.7 Å². The van der Waals surface area contributed by atoms with Crippen molar-refractivity contribution in [1.82, 2.24) is 10.6 Å². The molecule has 1 heterocycles. The van der Waals surface area contributed by atoms with Gasteiger partial charge in [0.05, 0.1) is 5.92 Å². The van der Waals surface area contributed by atoms with E-state index in [1.165, 1.54) is 0 Å². The number of rotatable bonds is 6. The topological polar surface area (TPSA) is 78.4 Å². The van der Waals surface area contributed by atoms with Crippen LogP contribution in [0.4, 0.5) is 0 Å². The largest absolute Gasteiger partial charge is 0.481 e. The van der Waals surface area contributed by atoms with Crippen molar-refractivity contribution in [3.05, 3.63) is 0 Å². The first-order valence-corrected chi connectivity index (χ1v) is 6.32. The van der Waals surface area contributed by atoms with Crippen LogP contribution >= 0.6 is 0 Å². The van der Waals surface area contributed by atoms with Gasteiger partial charge in [0.2, 0.25) is 5.91 Å². The minimum atomic E-state index is -0.769. The fraction of sp³-hybridized carbons (Fsp3) is 0.833. The summed E-state index contributed by atoms with van der Waals surface area (Å²) in [4.78, 5) is 22.3. The Bertz CT molecular complexity index is 262. The highest BCUT2D eigenvalue weighted by Crippen LogP contribution is 2.11. The molecule has 0 aromatic heterocycles. The molecule has 0 saturated carbocycles. The van der Waals surface area contributed by atoms with Crippen LogP contribution in [0.3, 0.4) is 0 Å². The van der Waals surface area contributed by atoms with Crippen LogP contribution in [0.25, 0.3) is 0 Å². The Morgan fingerprint density at radius 2 is 2.06 bits per heavy atom. The maximum atomic E-state index is 11.7. The van der Waals surface area contributed by atoms with Crippen molar-refractivity contribution in [2.75, 3.05) is 19.6 Å². The van der Waals surface area contributed by atoms with Crippen LogP contribution in [-0.4, -0.2) is 36.6 Å². The lowest BCUT2D eigenvalue weighted by Gasteiger charge is -2.21. The zero-order chi connectivity index (χ0) is 12.7. The van der Waals surface area contributed by atoms with Crippen molar-refractivity contribution >= 4 is 11.9 Å². The van der Waals surface area contributed by atoms with E-state index in [1.807, 2.05) is 0 Å². The lowest BCUT2D eigenvalue weighted by molar-refractivity contribution is -0.141. The first kappa shape index (κ1) is 14.0. The summed E-state index contributed by atoms with van der Waals surface area (Å²) in [6.45, 7) is 4.10. The minimum absolute atomic E-state index is 0.120. The molecule has 1 saturated heterocycles. The van der Waals surface area contributed by atoms with E-state index in [-0.39, 0.29) is 17.7 Å². The van der Waals surface area contributed by atoms with Gasteiger partial charge in [0.25, 0.3) is 0 Å². The molecule has 0 aromatic carbocycles. The van der Waals surface area contributed by atoms with E-state index in [0.29, 0.717) is 13.0 Å². The Morgan fingerprint density at radius 3 is 2.65 bits per heavy atom. The molecular weight excluding hydrogens is 220 g/mol. The standard InChI is InChI=1S/C12H22N2O3/c1-9(12(16)17)3-2-6-14-11(15)10-4-7-13-8-5-10/h9-10,13H,2-8H2,1H3,(H,14,15)(H,16,17). The van der Waals surface area contributed by atoms with Gasteiger partial charge in [-0.1, -0.05) is 6.92 Å². The van der Waals surface area contributed by atoms with E-state index in [9.17, 15) is 9.59 Å². The Kier molecular flexibility index (Phi) is 5.97. The molecule has 5 nitrogen and oxygen atoms in total.